The summed E-state index contributed by atoms with van der Waals surface area (Å²) >= 11 is 0. The van der Waals surface area contributed by atoms with E-state index in [1.54, 1.807) is 0 Å². The number of rotatable bonds is 3. The topological polar surface area (TPSA) is 50.7 Å². The average Bonchev–Trinajstić information content (AvgIpc) is 2.67. The highest BCUT2D eigenvalue weighted by Gasteiger charge is 2.46. The van der Waals surface area contributed by atoms with Gasteiger partial charge in [0.15, 0.2) is 11.5 Å². The number of ether oxygens (including phenoxy) is 2. The van der Waals surface area contributed by atoms with Crippen LogP contribution >= 0.6 is 0 Å². The number of aliphatic hydroxyl groups is 1. The summed E-state index contributed by atoms with van der Waals surface area (Å²) in [7, 11) is 0. The van der Waals surface area contributed by atoms with E-state index < -0.39 is 0 Å². The number of nitrogens with one attached hydrogen (secondary N) is 1. The molecule has 20 heavy (non-hydrogen) atoms. The molecule has 0 radical (unpaired) electrons. The van der Waals surface area contributed by atoms with Crippen molar-refractivity contribution in [2.45, 2.75) is 45.4 Å². The highest BCUT2D eigenvalue weighted by atomic mass is 16.5. The van der Waals surface area contributed by atoms with Crippen molar-refractivity contribution in [3.05, 3.63) is 23.8 Å². The van der Waals surface area contributed by atoms with Crippen molar-refractivity contribution in [3.63, 3.8) is 0 Å². The van der Waals surface area contributed by atoms with E-state index in [0.29, 0.717) is 12.6 Å². The molecule has 1 aromatic rings. The Morgan fingerprint density at radius 2 is 2.00 bits per heavy atom. The molecule has 2 unspecified atom stereocenters. The molecule has 2 aliphatic rings. The Balaban J connectivity index is 1.62. The summed E-state index contributed by atoms with van der Waals surface area (Å²) in [6.07, 6.45) is 1.57. The average molecular weight is 277 g/mol. The quantitative estimate of drug-likeness (QED) is 0.888. The maximum Gasteiger partial charge on any atom is 0.161 e. The Labute approximate surface area is 120 Å². The highest BCUT2D eigenvalue weighted by molar-refractivity contribution is 5.43. The van der Waals surface area contributed by atoms with Gasteiger partial charge in [0.2, 0.25) is 0 Å². The number of hydrogen-bond donors (Lipinski definition) is 2. The van der Waals surface area contributed by atoms with Crippen LogP contribution < -0.4 is 14.8 Å². The van der Waals surface area contributed by atoms with Gasteiger partial charge in [-0.3, -0.25) is 0 Å². The van der Waals surface area contributed by atoms with E-state index in [9.17, 15) is 5.11 Å². The molecule has 1 saturated carbocycles. The van der Waals surface area contributed by atoms with Crippen LogP contribution in [-0.2, 0) is 6.54 Å². The molecule has 2 N–H and O–H groups in total. The summed E-state index contributed by atoms with van der Waals surface area (Å²) in [6.45, 7) is 6.43. The summed E-state index contributed by atoms with van der Waals surface area (Å²) in [4.78, 5) is 0. The Morgan fingerprint density at radius 3 is 2.70 bits per heavy atom. The standard InChI is InChI=1S/C16H23NO3/c1-16(2)14(9-15(16)18)17-10-11-4-5-12-13(8-11)20-7-3-6-19-12/h4-5,8,14-15,17-18H,3,6-7,9-10H2,1-2H3. The van der Waals surface area contributed by atoms with Crippen LogP contribution in [0.5, 0.6) is 11.5 Å². The lowest BCUT2D eigenvalue weighted by atomic mass is 9.64. The molecule has 4 heteroatoms. The van der Waals surface area contributed by atoms with Gasteiger partial charge < -0.3 is 19.9 Å². The molecule has 1 fully saturated rings. The van der Waals surface area contributed by atoms with Gasteiger partial charge in [-0.1, -0.05) is 19.9 Å². The van der Waals surface area contributed by atoms with E-state index in [4.69, 9.17) is 9.47 Å². The van der Waals surface area contributed by atoms with Crippen molar-refractivity contribution >= 4 is 0 Å². The lowest BCUT2D eigenvalue weighted by Crippen LogP contribution is -2.59. The molecule has 0 saturated heterocycles. The van der Waals surface area contributed by atoms with Crippen LogP contribution in [0.2, 0.25) is 0 Å². The monoisotopic (exact) mass is 277 g/mol. The molecular weight excluding hydrogens is 254 g/mol. The zero-order chi connectivity index (χ0) is 14.2. The molecule has 2 atom stereocenters. The maximum atomic E-state index is 9.76. The van der Waals surface area contributed by atoms with Crippen LogP contribution in [0.25, 0.3) is 0 Å². The number of fused-ring (bicyclic) bond motifs is 1. The normalized spacial score (nSPS) is 27.6. The SMILES string of the molecule is CC1(C)C(O)CC1NCc1ccc2c(c1)OCCCO2. The largest absolute Gasteiger partial charge is 0.490 e. The zero-order valence-corrected chi connectivity index (χ0v) is 12.2. The fourth-order valence-corrected chi connectivity index (χ4v) is 2.81. The third-order valence-electron chi connectivity index (χ3n) is 4.58. The predicted molar refractivity (Wildman–Crippen MR) is 77.1 cm³/mol. The fraction of sp³-hybridized carbons (Fsp3) is 0.625. The summed E-state index contributed by atoms with van der Waals surface area (Å²) in [5, 5.41) is 13.3. The van der Waals surface area contributed by atoms with Gasteiger partial charge in [-0.25, -0.2) is 0 Å². The highest BCUT2D eigenvalue weighted by Crippen LogP contribution is 2.40. The molecule has 1 aliphatic heterocycles. The Hall–Kier alpha value is -1.26. The molecule has 0 aromatic heterocycles. The van der Waals surface area contributed by atoms with Gasteiger partial charge in [0.05, 0.1) is 19.3 Å². The first-order chi connectivity index (χ1) is 9.57. The first kappa shape index (κ1) is 13.7. The molecule has 110 valence electrons. The minimum absolute atomic E-state index is 0.0364. The minimum atomic E-state index is -0.191. The number of aliphatic hydroxyl groups excluding tert-OH is 1. The second kappa shape index (κ2) is 5.26. The first-order valence-electron chi connectivity index (χ1n) is 7.37. The lowest BCUT2D eigenvalue weighted by molar-refractivity contribution is -0.0729. The molecule has 0 spiro atoms. The van der Waals surface area contributed by atoms with Gasteiger partial charge in [0.1, 0.15) is 0 Å². The van der Waals surface area contributed by atoms with E-state index in [-0.39, 0.29) is 11.5 Å². The maximum absolute atomic E-state index is 9.76. The summed E-state index contributed by atoms with van der Waals surface area (Å²) in [6, 6.07) is 6.48. The second-order valence-electron chi connectivity index (χ2n) is 6.34. The van der Waals surface area contributed by atoms with Gasteiger partial charge in [0, 0.05) is 24.4 Å². The third-order valence-corrected chi connectivity index (χ3v) is 4.58. The van der Waals surface area contributed by atoms with Crippen LogP contribution in [0, 0.1) is 5.41 Å². The van der Waals surface area contributed by atoms with E-state index in [2.05, 4.69) is 31.3 Å². The van der Waals surface area contributed by atoms with Crippen LogP contribution in [0.15, 0.2) is 18.2 Å². The van der Waals surface area contributed by atoms with Crippen molar-refractivity contribution in [1.82, 2.24) is 5.32 Å². The second-order valence-corrected chi connectivity index (χ2v) is 6.34. The van der Waals surface area contributed by atoms with Gasteiger partial charge >= 0.3 is 0 Å². The smallest absolute Gasteiger partial charge is 0.161 e. The molecule has 3 rings (SSSR count). The molecule has 0 amide bonds. The van der Waals surface area contributed by atoms with Crippen LogP contribution in [0.3, 0.4) is 0 Å². The van der Waals surface area contributed by atoms with Crippen LogP contribution in [-0.4, -0.2) is 30.5 Å². The number of hydrogen-bond acceptors (Lipinski definition) is 4. The minimum Gasteiger partial charge on any atom is -0.490 e. The van der Waals surface area contributed by atoms with Crippen molar-refractivity contribution in [2.24, 2.45) is 5.41 Å². The molecule has 0 bridgehead atoms. The fourth-order valence-electron chi connectivity index (χ4n) is 2.81. The Kier molecular flexibility index (Phi) is 3.61. The van der Waals surface area contributed by atoms with E-state index >= 15 is 0 Å². The Bertz CT molecular complexity index is 487. The third kappa shape index (κ3) is 2.50. The zero-order valence-electron chi connectivity index (χ0n) is 12.2. The summed E-state index contributed by atoms with van der Waals surface area (Å²) in [5.74, 6) is 1.68. The van der Waals surface area contributed by atoms with Gasteiger partial charge in [0.25, 0.3) is 0 Å². The number of benzene rings is 1. The van der Waals surface area contributed by atoms with E-state index in [1.807, 2.05) is 6.07 Å². The predicted octanol–water partition coefficient (Wildman–Crippen LogP) is 2.10. The summed E-state index contributed by atoms with van der Waals surface area (Å²) < 4.78 is 11.3. The van der Waals surface area contributed by atoms with Crippen molar-refractivity contribution in [3.8, 4) is 11.5 Å². The Morgan fingerprint density at radius 1 is 1.25 bits per heavy atom. The molecule has 1 aliphatic carbocycles. The molecule has 1 heterocycles. The van der Waals surface area contributed by atoms with Crippen LogP contribution in [0.1, 0.15) is 32.3 Å². The van der Waals surface area contributed by atoms with E-state index in [1.165, 1.54) is 5.56 Å². The van der Waals surface area contributed by atoms with Crippen molar-refractivity contribution in [1.29, 1.82) is 0 Å². The first-order valence-corrected chi connectivity index (χ1v) is 7.37. The lowest BCUT2D eigenvalue weighted by Gasteiger charge is -2.49. The van der Waals surface area contributed by atoms with Crippen molar-refractivity contribution < 1.29 is 14.6 Å². The summed E-state index contributed by atoms with van der Waals surface area (Å²) in [5.41, 5.74) is 1.15. The van der Waals surface area contributed by atoms with Gasteiger partial charge in [-0.05, 0) is 24.1 Å². The molecule has 4 nitrogen and oxygen atoms in total. The molecule has 1 aromatic carbocycles. The van der Waals surface area contributed by atoms with E-state index in [0.717, 1.165) is 37.5 Å². The van der Waals surface area contributed by atoms with Gasteiger partial charge in [-0.2, -0.15) is 0 Å². The molecular formula is C16H23NO3. The van der Waals surface area contributed by atoms with Crippen molar-refractivity contribution in [2.75, 3.05) is 13.2 Å². The van der Waals surface area contributed by atoms with Gasteiger partial charge in [-0.15, -0.1) is 0 Å². The van der Waals surface area contributed by atoms with Crippen LogP contribution in [0.4, 0.5) is 0 Å².